The molecule has 1 aromatic carbocycles. The molecule has 3 nitrogen and oxygen atoms in total. The summed E-state index contributed by atoms with van der Waals surface area (Å²) in [7, 11) is 0. The van der Waals surface area contributed by atoms with Gasteiger partial charge in [-0.2, -0.15) is 0 Å². The fraction of sp³-hybridized carbons (Fsp3) is 0.533. The van der Waals surface area contributed by atoms with E-state index in [1.165, 1.54) is 6.07 Å². The first-order chi connectivity index (χ1) is 8.93. The number of rotatable bonds is 3. The van der Waals surface area contributed by atoms with Crippen LogP contribution < -0.4 is 11.1 Å². The van der Waals surface area contributed by atoms with Gasteiger partial charge in [0.25, 0.3) is 0 Å². The number of hydrogen-bond donors (Lipinski definition) is 2. The number of nitrogens with one attached hydrogen (secondary N) is 1. The summed E-state index contributed by atoms with van der Waals surface area (Å²) in [6.45, 7) is 3.98. The average Bonchev–Trinajstić information content (AvgIpc) is 2.72. The molecule has 2 rings (SSSR count). The van der Waals surface area contributed by atoms with Crippen LogP contribution in [0.4, 0.5) is 4.39 Å². The van der Waals surface area contributed by atoms with Gasteiger partial charge in [-0.3, -0.25) is 4.79 Å². The maximum absolute atomic E-state index is 13.4. The van der Waals surface area contributed by atoms with E-state index in [1.54, 1.807) is 13.0 Å². The van der Waals surface area contributed by atoms with Crippen molar-refractivity contribution in [1.29, 1.82) is 0 Å². The van der Waals surface area contributed by atoms with Gasteiger partial charge in [0.1, 0.15) is 5.82 Å². The van der Waals surface area contributed by atoms with Crippen LogP contribution in [0, 0.1) is 18.2 Å². The van der Waals surface area contributed by atoms with Gasteiger partial charge in [0.05, 0.1) is 5.41 Å². The normalized spacial score (nSPS) is 26.4. The van der Waals surface area contributed by atoms with Crippen LogP contribution in [0.3, 0.4) is 0 Å². The summed E-state index contributed by atoms with van der Waals surface area (Å²) in [5.74, 6) is -0.269. The smallest absolute Gasteiger partial charge is 0.227 e. The fourth-order valence-corrected chi connectivity index (χ4v) is 2.61. The van der Waals surface area contributed by atoms with E-state index >= 15 is 0 Å². The minimum absolute atomic E-state index is 0.0292. The first-order valence-electron chi connectivity index (χ1n) is 6.72. The van der Waals surface area contributed by atoms with Crippen molar-refractivity contribution < 1.29 is 9.18 Å². The highest BCUT2D eigenvalue weighted by Crippen LogP contribution is 2.36. The van der Waals surface area contributed by atoms with Crippen molar-refractivity contribution in [2.24, 2.45) is 11.1 Å². The van der Waals surface area contributed by atoms with Crippen molar-refractivity contribution in [2.45, 2.75) is 45.7 Å². The van der Waals surface area contributed by atoms with Crippen LogP contribution >= 0.6 is 0 Å². The number of hydrogen-bond acceptors (Lipinski definition) is 2. The minimum Gasteiger partial charge on any atom is -0.352 e. The molecule has 1 aromatic rings. The van der Waals surface area contributed by atoms with Gasteiger partial charge in [-0.15, -0.1) is 0 Å². The molecule has 104 valence electrons. The van der Waals surface area contributed by atoms with E-state index in [1.807, 2.05) is 13.0 Å². The number of aryl methyl sites for hydroxylation is 1. The first-order valence-corrected chi connectivity index (χ1v) is 6.72. The lowest BCUT2D eigenvalue weighted by atomic mass is 9.84. The fourth-order valence-electron chi connectivity index (χ4n) is 2.61. The topological polar surface area (TPSA) is 55.1 Å². The molecule has 2 atom stereocenters. The second-order valence-corrected chi connectivity index (χ2v) is 5.68. The molecule has 0 aromatic heterocycles. The molecule has 0 heterocycles. The zero-order valence-electron chi connectivity index (χ0n) is 11.5. The zero-order valence-corrected chi connectivity index (χ0v) is 11.5. The Morgan fingerprint density at radius 2 is 2.32 bits per heavy atom. The van der Waals surface area contributed by atoms with Crippen molar-refractivity contribution in [3.05, 3.63) is 35.1 Å². The number of carbonyl (C=O) groups excluding carboxylic acids is 1. The second-order valence-electron chi connectivity index (χ2n) is 5.68. The monoisotopic (exact) mass is 264 g/mol. The predicted octanol–water partition coefficient (Wildman–Crippen LogP) is 2.27. The van der Waals surface area contributed by atoms with Crippen LogP contribution in [0.25, 0.3) is 0 Å². The highest BCUT2D eigenvalue weighted by Gasteiger charge is 2.42. The van der Waals surface area contributed by atoms with Crippen LogP contribution in [-0.2, 0) is 11.3 Å². The average molecular weight is 264 g/mol. The van der Waals surface area contributed by atoms with E-state index in [4.69, 9.17) is 5.73 Å². The van der Waals surface area contributed by atoms with Gasteiger partial charge in [0.2, 0.25) is 5.91 Å². The molecule has 1 amide bonds. The van der Waals surface area contributed by atoms with Gasteiger partial charge >= 0.3 is 0 Å². The standard InChI is InChI=1S/C15H21FN2O/c1-10-5-6-11(8-12(10)16)9-18-14(19)15(2)7-3-4-13(15)17/h5-6,8,13H,3-4,7,9,17H2,1-2H3,(H,18,19). The summed E-state index contributed by atoms with van der Waals surface area (Å²) in [6, 6.07) is 4.93. The highest BCUT2D eigenvalue weighted by atomic mass is 19.1. The molecule has 19 heavy (non-hydrogen) atoms. The molecule has 0 spiro atoms. The van der Waals surface area contributed by atoms with E-state index in [0.29, 0.717) is 12.1 Å². The Hall–Kier alpha value is -1.42. The van der Waals surface area contributed by atoms with Gasteiger partial charge in [-0.25, -0.2) is 4.39 Å². The molecule has 0 saturated heterocycles. The molecular weight excluding hydrogens is 243 g/mol. The molecule has 1 fully saturated rings. The Morgan fingerprint density at radius 3 is 2.89 bits per heavy atom. The molecule has 1 aliphatic rings. The summed E-state index contributed by atoms with van der Waals surface area (Å²) in [5.41, 5.74) is 6.90. The van der Waals surface area contributed by atoms with Crippen LogP contribution in [0.2, 0.25) is 0 Å². The van der Waals surface area contributed by atoms with E-state index in [0.717, 1.165) is 24.8 Å². The second kappa shape index (κ2) is 5.29. The van der Waals surface area contributed by atoms with Gasteiger partial charge in [0, 0.05) is 12.6 Å². The summed E-state index contributed by atoms with van der Waals surface area (Å²) in [4.78, 5) is 12.2. The third kappa shape index (κ3) is 2.78. The van der Waals surface area contributed by atoms with Crippen molar-refractivity contribution in [2.75, 3.05) is 0 Å². The number of amides is 1. The van der Waals surface area contributed by atoms with Gasteiger partial charge in [-0.05, 0) is 43.9 Å². The van der Waals surface area contributed by atoms with Crippen LogP contribution in [-0.4, -0.2) is 11.9 Å². The summed E-state index contributed by atoms with van der Waals surface area (Å²) in [6.07, 6.45) is 2.70. The van der Waals surface area contributed by atoms with E-state index in [2.05, 4.69) is 5.32 Å². The summed E-state index contributed by atoms with van der Waals surface area (Å²) in [5, 5.41) is 2.87. The molecule has 3 N–H and O–H groups in total. The third-order valence-electron chi connectivity index (χ3n) is 4.24. The SMILES string of the molecule is Cc1ccc(CNC(=O)C2(C)CCCC2N)cc1F. The third-order valence-corrected chi connectivity index (χ3v) is 4.24. The molecule has 2 unspecified atom stereocenters. The van der Waals surface area contributed by atoms with Gasteiger partial charge < -0.3 is 11.1 Å². The van der Waals surface area contributed by atoms with Crippen LogP contribution in [0.5, 0.6) is 0 Å². The highest BCUT2D eigenvalue weighted by molar-refractivity contribution is 5.83. The number of carbonyl (C=O) groups is 1. The van der Waals surface area contributed by atoms with Crippen molar-refractivity contribution in [3.8, 4) is 0 Å². The number of benzene rings is 1. The summed E-state index contributed by atoms with van der Waals surface area (Å²) < 4.78 is 13.4. The maximum Gasteiger partial charge on any atom is 0.227 e. The van der Waals surface area contributed by atoms with E-state index in [-0.39, 0.29) is 17.8 Å². The Kier molecular flexibility index (Phi) is 3.90. The molecule has 0 aliphatic heterocycles. The molecule has 0 bridgehead atoms. The molecular formula is C15H21FN2O. The Bertz CT molecular complexity index is 489. The molecule has 1 saturated carbocycles. The van der Waals surface area contributed by atoms with Crippen LogP contribution in [0.1, 0.15) is 37.3 Å². The van der Waals surface area contributed by atoms with E-state index < -0.39 is 5.41 Å². The lowest BCUT2D eigenvalue weighted by Gasteiger charge is -2.27. The molecule has 4 heteroatoms. The van der Waals surface area contributed by atoms with Crippen molar-refractivity contribution >= 4 is 5.91 Å². The number of halogens is 1. The van der Waals surface area contributed by atoms with Gasteiger partial charge in [-0.1, -0.05) is 18.6 Å². The Balaban J connectivity index is 1.98. The molecule has 0 radical (unpaired) electrons. The Morgan fingerprint density at radius 1 is 1.58 bits per heavy atom. The minimum atomic E-state index is -0.483. The quantitative estimate of drug-likeness (QED) is 0.880. The predicted molar refractivity (Wildman–Crippen MR) is 72.9 cm³/mol. The van der Waals surface area contributed by atoms with Crippen LogP contribution in [0.15, 0.2) is 18.2 Å². The van der Waals surface area contributed by atoms with Crippen molar-refractivity contribution in [3.63, 3.8) is 0 Å². The largest absolute Gasteiger partial charge is 0.352 e. The lowest BCUT2D eigenvalue weighted by Crippen LogP contribution is -2.47. The zero-order chi connectivity index (χ0) is 14.0. The van der Waals surface area contributed by atoms with Crippen molar-refractivity contribution in [1.82, 2.24) is 5.32 Å². The maximum atomic E-state index is 13.4. The van der Waals surface area contributed by atoms with E-state index in [9.17, 15) is 9.18 Å². The summed E-state index contributed by atoms with van der Waals surface area (Å²) >= 11 is 0. The van der Waals surface area contributed by atoms with Gasteiger partial charge in [0.15, 0.2) is 0 Å². The number of nitrogens with two attached hydrogens (primary N) is 1. The first kappa shape index (κ1) is 14.0. The molecule has 1 aliphatic carbocycles. The lowest BCUT2D eigenvalue weighted by molar-refractivity contribution is -0.130. The Labute approximate surface area is 113 Å².